The number of fused-ring (bicyclic) bond motifs is 4. The third-order valence-corrected chi connectivity index (χ3v) is 6.90. The highest BCUT2D eigenvalue weighted by Crippen LogP contribution is 2.51. The number of ether oxygens (including phenoxy) is 1. The Morgan fingerprint density at radius 2 is 2.19 bits per heavy atom. The fourth-order valence-electron chi connectivity index (χ4n) is 5.18. The largest absolute Gasteiger partial charge is 0.383 e. The van der Waals surface area contributed by atoms with Gasteiger partial charge in [0.2, 0.25) is 0 Å². The van der Waals surface area contributed by atoms with Crippen molar-refractivity contribution in [3.8, 4) is 0 Å². The Labute approximate surface area is 190 Å². The van der Waals surface area contributed by atoms with Crippen molar-refractivity contribution >= 4 is 35.4 Å². The Bertz CT molecular complexity index is 1000. The molecule has 0 radical (unpaired) electrons. The summed E-state index contributed by atoms with van der Waals surface area (Å²) in [5.41, 5.74) is 7.99. The Hall–Kier alpha value is -2.44. The highest BCUT2D eigenvalue weighted by molar-refractivity contribution is 6.03. The molecule has 0 aromatic heterocycles. The van der Waals surface area contributed by atoms with Crippen LogP contribution in [0.15, 0.2) is 41.5 Å². The van der Waals surface area contributed by atoms with Crippen LogP contribution in [0.3, 0.4) is 0 Å². The fraction of sp³-hybridized carbons (Fsp3) is 0.458. The number of benzene rings is 1. The summed E-state index contributed by atoms with van der Waals surface area (Å²) in [7, 11) is 3.72. The molecule has 31 heavy (non-hydrogen) atoms. The maximum absolute atomic E-state index is 13.0. The van der Waals surface area contributed by atoms with Crippen LogP contribution in [-0.2, 0) is 11.2 Å². The number of rotatable bonds is 4. The van der Waals surface area contributed by atoms with Gasteiger partial charge in [-0.05, 0) is 55.4 Å². The number of allylic oxidation sites excluding steroid dienone is 4. The number of hydrogen-bond acceptors (Lipinski definition) is 5. The predicted molar refractivity (Wildman–Crippen MR) is 129 cm³/mol. The fourth-order valence-corrected chi connectivity index (χ4v) is 5.18. The number of nitrogens with one attached hydrogen (secondary N) is 3. The average molecular weight is 443 g/mol. The Kier molecular flexibility index (Phi) is 5.79. The molecule has 2 aliphatic heterocycles. The number of nitrogens with zero attached hydrogens (tertiary/aromatic N) is 1. The second kappa shape index (κ2) is 8.24. The number of halogens is 1. The van der Waals surface area contributed by atoms with Crippen molar-refractivity contribution in [2.45, 2.75) is 44.3 Å². The van der Waals surface area contributed by atoms with Crippen LogP contribution in [0.25, 0.3) is 0 Å². The molecule has 0 bridgehead atoms. The molecule has 0 saturated heterocycles. The topological polar surface area (TPSA) is 65.6 Å². The lowest BCUT2D eigenvalue weighted by molar-refractivity contribution is 0.0936. The van der Waals surface area contributed by atoms with Crippen LogP contribution in [0.2, 0.25) is 0 Å². The van der Waals surface area contributed by atoms with Gasteiger partial charge in [-0.1, -0.05) is 24.3 Å². The summed E-state index contributed by atoms with van der Waals surface area (Å²) in [6.45, 7) is 3.16. The van der Waals surface area contributed by atoms with E-state index in [9.17, 15) is 4.79 Å². The number of amides is 1. The van der Waals surface area contributed by atoms with E-state index >= 15 is 0 Å². The molecule has 4 aliphatic rings. The Balaban J connectivity index is 0.00000231. The zero-order valence-electron chi connectivity index (χ0n) is 18.4. The highest BCUT2D eigenvalue weighted by atomic mass is 35.5. The van der Waals surface area contributed by atoms with Crippen LogP contribution >= 0.6 is 12.4 Å². The van der Waals surface area contributed by atoms with Gasteiger partial charge in [0, 0.05) is 26.3 Å². The third kappa shape index (κ3) is 3.62. The zero-order valence-corrected chi connectivity index (χ0v) is 19.2. The molecule has 0 fully saturated rings. The molecule has 0 saturated carbocycles. The standard InChI is InChI=1S/C24H30N4O2.ClH/c1-15-26-22-20(28(15)2)12-19(23(29)25-10-11-30-3)18-8-9-24(27-21(18)22)13-16-6-4-5-7-17(16)14-24;/h4-6,12,14-15,26-27H,7-11,13H2,1-3H3,(H,25,29);1H. The van der Waals surface area contributed by atoms with Gasteiger partial charge in [-0.25, -0.2) is 0 Å². The van der Waals surface area contributed by atoms with Crippen LogP contribution in [0.5, 0.6) is 0 Å². The normalized spacial score (nSPS) is 24.9. The molecule has 1 aromatic rings. The Morgan fingerprint density at radius 3 is 2.97 bits per heavy atom. The lowest BCUT2D eigenvalue weighted by Gasteiger charge is -2.37. The molecule has 2 aliphatic carbocycles. The predicted octanol–water partition coefficient (Wildman–Crippen LogP) is 4.01. The molecule has 3 N–H and O–H groups in total. The van der Waals surface area contributed by atoms with Gasteiger partial charge in [0.1, 0.15) is 0 Å². The number of carbonyl (C=O) groups excluding carboxylic acids is 1. The third-order valence-electron chi connectivity index (χ3n) is 6.90. The van der Waals surface area contributed by atoms with E-state index in [2.05, 4.69) is 59.1 Å². The molecule has 2 heterocycles. The van der Waals surface area contributed by atoms with Gasteiger partial charge in [-0.2, -0.15) is 0 Å². The van der Waals surface area contributed by atoms with Gasteiger partial charge < -0.3 is 25.6 Å². The smallest absolute Gasteiger partial charge is 0.251 e. The summed E-state index contributed by atoms with van der Waals surface area (Å²) >= 11 is 0. The van der Waals surface area contributed by atoms with Crippen molar-refractivity contribution in [2.24, 2.45) is 0 Å². The minimum Gasteiger partial charge on any atom is -0.383 e. The first-order chi connectivity index (χ1) is 14.5. The van der Waals surface area contributed by atoms with E-state index in [1.54, 1.807) is 7.11 Å². The van der Waals surface area contributed by atoms with Crippen LogP contribution in [0.4, 0.5) is 17.1 Å². The molecule has 1 amide bonds. The first kappa shape index (κ1) is 21.8. The number of hydrogen-bond donors (Lipinski definition) is 3. The summed E-state index contributed by atoms with van der Waals surface area (Å²) in [5.74, 6) is -0.0258. The second-order valence-electron chi connectivity index (χ2n) is 8.80. The number of methoxy groups -OCH3 is 1. The van der Waals surface area contributed by atoms with Gasteiger partial charge in [0.15, 0.2) is 0 Å². The summed E-state index contributed by atoms with van der Waals surface area (Å²) in [6, 6.07) is 2.05. The molecule has 2 atom stereocenters. The van der Waals surface area contributed by atoms with Crippen molar-refractivity contribution in [1.29, 1.82) is 0 Å². The van der Waals surface area contributed by atoms with Crippen LogP contribution in [0, 0.1) is 0 Å². The molecular formula is C24H31ClN4O2. The maximum Gasteiger partial charge on any atom is 0.251 e. The van der Waals surface area contributed by atoms with Crippen molar-refractivity contribution in [1.82, 2.24) is 5.32 Å². The minimum atomic E-state index is -0.0643. The van der Waals surface area contributed by atoms with Gasteiger partial charge >= 0.3 is 0 Å². The van der Waals surface area contributed by atoms with Gasteiger partial charge in [-0.3, -0.25) is 4.79 Å². The zero-order chi connectivity index (χ0) is 20.9. The molecule has 166 valence electrons. The lowest BCUT2D eigenvalue weighted by Crippen LogP contribution is -2.39. The van der Waals surface area contributed by atoms with E-state index in [-0.39, 0.29) is 30.0 Å². The molecule has 5 rings (SSSR count). The quantitative estimate of drug-likeness (QED) is 0.615. The highest BCUT2D eigenvalue weighted by Gasteiger charge is 2.42. The summed E-state index contributed by atoms with van der Waals surface area (Å²) in [5, 5.41) is 10.5. The molecule has 6 nitrogen and oxygen atoms in total. The van der Waals surface area contributed by atoms with Crippen molar-refractivity contribution in [3.63, 3.8) is 0 Å². The SMILES string of the molecule is COCCNC(=O)c1cc2c(c3c1CCC1(C=C4CC=CC=C4C1)N3)NC(C)N2C.Cl. The van der Waals surface area contributed by atoms with Gasteiger partial charge in [0.05, 0.1) is 35.4 Å². The monoisotopic (exact) mass is 442 g/mol. The molecule has 1 spiro atoms. The molecular weight excluding hydrogens is 412 g/mol. The first-order valence-electron chi connectivity index (χ1n) is 10.8. The van der Waals surface area contributed by atoms with E-state index < -0.39 is 0 Å². The Morgan fingerprint density at radius 1 is 1.35 bits per heavy atom. The maximum atomic E-state index is 13.0. The summed E-state index contributed by atoms with van der Waals surface area (Å²) < 4.78 is 5.09. The van der Waals surface area contributed by atoms with E-state index in [0.29, 0.717) is 13.2 Å². The average Bonchev–Trinajstić information content (AvgIpc) is 3.24. The van der Waals surface area contributed by atoms with Crippen molar-refractivity contribution in [3.05, 3.63) is 52.6 Å². The van der Waals surface area contributed by atoms with Crippen molar-refractivity contribution in [2.75, 3.05) is 42.8 Å². The van der Waals surface area contributed by atoms with Gasteiger partial charge in [-0.15, -0.1) is 12.4 Å². The first-order valence-corrected chi connectivity index (χ1v) is 10.8. The molecule has 1 aromatic carbocycles. The van der Waals surface area contributed by atoms with Crippen LogP contribution in [0.1, 0.15) is 42.1 Å². The summed E-state index contributed by atoms with van der Waals surface area (Å²) in [6.07, 6.45) is 13.2. The van der Waals surface area contributed by atoms with E-state index in [1.807, 2.05) is 6.07 Å². The van der Waals surface area contributed by atoms with E-state index in [4.69, 9.17) is 4.74 Å². The van der Waals surface area contributed by atoms with Gasteiger partial charge in [0.25, 0.3) is 5.91 Å². The van der Waals surface area contributed by atoms with E-state index in [1.165, 1.54) is 11.1 Å². The van der Waals surface area contributed by atoms with Crippen LogP contribution < -0.4 is 20.9 Å². The van der Waals surface area contributed by atoms with Crippen molar-refractivity contribution < 1.29 is 9.53 Å². The molecule has 2 unspecified atom stereocenters. The number of anilines is 3. The van der Waals surface area contributed by atoms with Crippen LogP contribution in [-0.4, -0.2) is 44.9 Å². The van der Waals surface area contributed by atoms with E-state index in [0.717, 1.165) is 53.9 Å². The molecule has 7 heteroatoms. The number of carbonyl (C=O) groups is 1. The second-order valence-corrected chi connectivity index (χ2v) is 8.80. The minimum absolute atomic E-state index is 0. The summed E-state index contributed by atoms with van der Waals surface area (Å²) in [4.78, 5) is 15.2. The lowest BCUT2D eigenvalue weighted by atomic mass is 9.82.